The van der Waals surface area contributed by atoms with Gasteiger partial charge in [0.05, 0.1) is 11.2 Å². The van der Waals surface area contributed by atoms with Crippen LogP contribution < -0.4 is 0 Å². The molecule has 0 heterocycles. The molecule has 1 N–H and O–H groups in total. The largest absolute Gasteiger partial charge is 0.390 e. The Morgan fingerprint density at radius 1 is 1.00 bits per heavy atom. The number of hydrogen-bond donors (Lipinski definition) is 1. The van der Waals surface area contributed by atoms with Crippen LogP contribution in [0.5, 0.6) is 0 Å². The van der Waals surface area contributed by atoms with Crippen LogP contribution in [-0.2, 0) is 4.74 Å². The lowest BCUT2D eigenvalue weighted by Gasteiger charge is -2.38. The van der Waals surface area contributed by atoms with E-state index in [0.717, 1.165) is 6.42 Å². The van der Waals surface area contributed by atoms with Crippen molar-refractivity contribution in [1.29, 1.82) is 0 Å². The van der Waals surface area contributed by atoms with Gasteiger partial charge in [0.25, 0.3) is 0 Å². The Bertz CT molecular complexity index is 209. The molecular formula is C14H30O2. The lowest BCUT2D eigenvalue weighted by molar-refractivity contribution is -0.0898. The molecule has 0 atom stereocenters. The predicted octanol–water partition coefficient (Wildman–Crippen LogP) is 3.62. The number of ether oxygens (including phenoxy) is 1. The molecule has 0 bridgehead atoms. The van der Waals surface area contributed by atoms with Crippen molar-refractivity contribution in [2.24, 2.45) is 11.3 Å². The molecule has 0 rings (SSSR count). The first-order valence-corrected chi connectivity index (χ1v) is 6.26. The fourth-order valence-electron chi connectivity index (χ4n) is 1.04. The highest BCUT2D eigenvalue weighted by Crippen LogP contribution is 2.34. The molecule has 0 aliphatic heterocycles. The second kappa shape index (κ2) is 5.05. The van der Waals surface area contributed by atoms with Gasteiger partial charge in [-0.15, -0.1) is 0 Å². The monoisotopic (exact) mass is 230 g/mol. The van der Waals surface area contributed by atoms with Gasteiger partial charge in [-0.3, -0.25) is 0 Å². The summed E-state index contributed by atoms with van der Waals surface area (Å²) in [6.45, 7) is 17.2. The average Bonchev–Trinajstić information content (AvgIpc) is 2.00. The van der Waals surface area contributed by atoms with Crippen molar-refractivity contribution in [3.8, 4) is 0 Å². The first-order valence-electron chi connectivity index (χ1n) is 6.26. The van der Waals surface area contributed by atoms with Gasteiger partial charge in [-0.1, -0.05) is 27.7 Å². The SMILES string of the molecule is CC(C)C(C)(C)OCCC(C)(C)C(C)(C)O. The Labute approximate surface area is 101 Å². The lowest BCUT2D eigenvalue weighted by atomic mass is 9.75. The third-order valence-electron chi connectivity index (χ3n) is 4.25. The third kappa shape index (κ3) is 4.42. The van der Waals surface area contributed by atoms with Gasteiger partial charge >= 0.3 is 0 Å². The summed E-state index contributed by atoms with van der Waals surface area (Å²) in [6.07, 6.45) is 0.868. The Morgan fingerprint density at radius 2 is 1.44 bits per heavy atom. The molecule has 2 heteroatoms. The molecule has 0 radical (unpaired) electrons. The van der Waals surface area contributed by atoms with Crippen molar-refractivity contribution in [3.05, 3.63) is 0 Å². The second-order valence-corrected chi connectivity index (χ2v) is 6.80. The van der Waals surface area contributed by atoms with E-state index in [9.17, 15) is 5.11 Å². The zero-order valence-electron chi connectivity index (χ0n) is 12.3. The van der Waals surface area contributed by atoms with Crippen LogP contribution in [0.2, 0.25) is 0 Å². The van der Waals surface area contributed by atoms with Gasteiger partial charge in [-0.25, -0.2) is 0 Å². The van der Waals surface area contributed by atoms with Crippen molar-refractivity contribution < 1.29 is 9.84 Å². The Hall–Kier alpha value is -0.0800. The molecule has 0 aliphatic carbocycles. The number of hydrogen-bond acceptors (Lipinski definition) is 2. The van der Waals surface area contributed by atoms with E-state index in [-0.39, 0.29) is 11.0 Å². The van der Waals surface area contributed by atoms with Gasteiger partial charge in [-0.2, -0.15) is 0 Å². The van der Waals surface area contributed by atoms with Crippen molar-refractivity contribution in [2.45, 2.75) is 73.0 Å². The minimum Gasteiger partial charge on any atom is -0.390 e. The number of rotatable bonds is 6. The standard InChI is InChI=1S/C14H30O2/c1-11(2)13(5,6)16-10-9-12(3,4)14(7,8)15/h11,15H,9-10H2,1-8H3. The van der Waals surface area contributed by atoms with E-state index in [1.54, 1.807) is 0 Å². The summed E-state index contributed by atoms with van der Waals surface area (Å²) in [4.78, 5) is 0. The Kier molecular flexibility index (Phi) is 5.03. The Morgan fingerprint density at radius 3 is 1.75 bits per heavy atom. The van der Waals surface area contributed by atoms with Gasteiger partial charge in [0.15, 0.2) is 0 Å². The zero-order chi connectivity index (χ0) is 13.2. The van der Waals surface area contributed by atoms with E-state index in [1.165, 1.54) is 0 Å². The smallest absolute Gasteiger partial charge is 0.0649 e. The molecule has 0 amide bonds. The van der Waals surface area contributed by atoms with Crippen molar-refractivity contribution in [2.75, 3.05) is 6.61 Å². The maximum Gasteiger partial charge on any atom is 0.0649 e. The predicted molar refractivity (Wildman–Crippen MR) is 69.6 cm³/mol. The molecule has 0 aliphatic rings. The van der Waals surface area contributed by atoms with Crippen LogP contribution in [0.4, 0.5) is 0 Å². The lowest BCUT2D eigenvalue weighted by Crippen LogP contribution is -2.41. The van der Waals surface area contributed by atoms with Gasteiger partial charge in [0.2, 0.25) is 0 Å². The number of aliphatic hydroxyl groups is 1. The summed E-state index contributed by atoms with van der Waals surface area (Å²) in [5.74, 6) is 0.498. The molecule has 98 valence electrons. The van der Waals surface area contributed by atoms with Gasteiger partial charge in [0.1, 0.15) is 0 Å². The van der Waals surface area contributed by atoms with Crippen LogP contribution in [0.3, 0.4) is 0 Å². The highest BCUT2D eigenvalue weighted by atomic mass is 16.5. The van der Waals surface area contributed by atoms with E-state index >= 15 is 0 Å². The fourth-order valence-corrected chi connectivity index (χ4v) is 1.04. The van der Waals surface area contributed by atoms with E-state index in [4.69, 9.17) is 4.74 Å². The first kappa shape index (κ1) is 15.9. The topological polar surface area (TPSA) is 29.5 Å². The summed E-state index contributed by atoms with van der Waals surface area (Å²) in [7, 11) is 0. The van der Waals surface area contributed by atoms with E-state index in [0.29, 0.717) is 12.5 Å². The molecule has 0 fully saturated rings. The molecule has 0 unspecified atom stereocenters. The zero-order valence-corrected chi connectivity index (χ0v) is 12.3. The van der Waals surface area contributed by atoms with E-state index in [1.807, 2.05) is 13.8 Å². The van der Waals surface area contributed by atoms with Crippen LogP contribution in [0.1, 0.15) is 61.8 Å². The second-order valence-electron chi connectivity index (χ2n) is 6.80. The maximum atomic E-state index is 10.0. The van der Waals surface area contributed by atoms with Crippen LogP contribution >= 0.6 is 0 Å². The maximum absolute atomic E-state index is 10.0. The molecule has 0 aromatic heterocycles. The van der Waals surface area contributed by atoms with Gasteiger partial charge in [-0.05, 0) is 45.4 Å². The van der Waals surface area contributed by atoms with Crippen LogP contribution in [0, 0.1) is 11.3 Å². The van der Waals surface area contributed by atoms with E-state index < -0.39 is 5.60 Å². The fraction of sp³-hybridized carbons (Fsp3) is 1.00. The van der Waals surface area contributed by atoms with Crippen molar-refractivity contribution in [1.82, 2.24) is 0 Å². The van der Waals surface area contributed by atoms with Gasteiger partial charge in [0, 0.05) is 6.61 Å². The van der Waals surface area contributed by atoms with Crippen LogP contribution in [-0.4, -0.2) is 22.9 Å². The minimum absolute atomic E-state index is 0.0876. The summed E-state index contributed by atoms with van der Waals surface area (Å²) < 4.78 is 5.91. The quantitative estimate of drug-likeness (QED) is 0.755. The molecule has 16 heavy (non-hydrogen) atoms. The summed E-state index contributed by atoms with van der Waals surface area (Å²) in [6, 6.07) is 0. The van der Waals surface area contributed by atoms with Crippen molar-refractivity contribution >= 4 is 0 Å². The summed E-state index contributed by atoms with van der Waals surface area (Å²) >= 11 is 0. The normalized spacial score (nSPS) is 14.6. The minimum atomic E-state index is -0.668. The van der Waals surface area contributed by atoms with Gasteiger partial charge < -0.3 is 9.84 Å². The average molecular weight is 230 g/mol. The Balaban J connectivity index is 4.19. The van der Waals surface area contributed by atoms with Crippen LogP contribution in [0.25, 0.3) is 0 Å². The molecule has 0 aromatic carbocycles. The third-order valence-corrected chi connectivity index (χ3v) is 4.25. The molecule has 0 saturated carbocycles. The highest BCUT2D eigenvalue weighted by Gasteiger charge is 2.35. The molecule has 0 aromatic rings. The molecule has 0 saturated heterocycles. The van der Waals surface area contributed by atoms with Crippen molar-refractivity contribution in [3.63, 3.8) is 0 Å². The molecule has 0 spiro atoms. The molecule has 2 nitrogen and oxygen atoms in total. The van der Waals surface area contributed by atoms with E-state index in [2.05, 4.69) is 41.5 Å². The summed E-state index contributed by atoms with van der Waals surface area (Å²) in [5, 5.41) is 10.0. The summed E-state index contributed by atoms with van der Waals surface area (Å²) in [5.41, 5.74) is -0.881. The highest BCUT2D eigenvalue weighted by molar-refractivity contribution is 4.85. The van der Waals surface area contributed by atoms with Crippen LogP contribution in [0.15, 0.2) is 0 Å². The first-order chi connectivity index (χ1) is 6.90. The molecular weight excluding hydrogens is 200 g/mol.